The molecule has 0 saturated carbocycles. The number of nitro benzene ring substituents is 1. The molecule has 1 heterocycles. The van der Waals surface area contributed by atoms with Crippen LogP contribution < -0.4 is 5.32 Å². The number of halogens is 1. The van der Waals surface area contributed by atoms with Crippen LogP contribution in [0.2, 0.25) is 0 Å². The van der Waals surface area contributed by atoms with Gasteiger partial charge in [0.05, 0.1) is 9.40 Å². The molecule has 136 valence electrons. The molecule has 0 unspecified atom stereocenters. The van der Waals surface area contributed by atoms with Gasteiger partial charge in [0, 0.05) is 24.2 Å². The van der Waals surface area contributed by atoms with Gasteiger partial charge in [-0.2, -0.15) is 0 Å². The highest BCUT2D eigenvalue weighted by molar-refractivity contribution is 9.10. The van der Waals surface area contributed by atoms with Crippen molar-refractivity contribution in [2.24, 2.45) is 4.99 Å². The van der Waals surface area contributed by atoms with Gasteiger partial charge in [-0.05, 0) is 57.9 Å². The first-order valence-electron chi connectivity index (χ1n) is 7.68. The number of aliphatic imine (C=N–C) groups is 1. The molecule has 1 aliphatic rings. The number of amides is 1. The summed E-state index contributed by atoms with van der Waals surface area (Å²) in [6.07, 6.45) is 1.42. The zero-order chi connectivity index (χ0) is 19.6. The lowest BCUT2D eigenvalue weighted by Gasteiger charge is -2.03. The largest absolute Gasteiger partial charge is 0.402 e. The first kappa shape index (κ1) is 18.5. The Bertz CT molecular complexity index is 1010. The Morgan fingerprint density at radius 3 is 2.59 bits per heavy atom. The molecule has 27 heavy (non-hydrogen) atoms. The average Bonchev–Trinajstić information content (AvgIpc) is 2.97. The Morgan fingerprint density at radius 1 is 1.26 bits per heavy atom. The number of hydrogen-bond donors (Lipinski definition) is 1. The maximum absolute atomic E-state index is 12.1. The quantitative estimate of drug-likeness (QED) is 0.345. The highest BCUT2D eigenvalue weighted by Crippen LogP contribution is 2.27. The maximum Gasteiger partial charge on any atom is 0.363 e. The zero-order valence-corrected chi connectivity index (χ0v) is 15.5. The van der Waals surface area contributed by atoms with Gasteiger partial charge >= 0.3 is 5.97 Å². The summed E-state index contributed by atoms with van der Waals surface area (Å²) < 4.78 is 5.51. The molecule has 0 radical (unpaired) electrons. The third kappa shape index (κ3) is 4.26. The second-order valence-corrected chi connectivity index (χ2v) is 6.42. The lowest BCUT2D eigenvalue weighted by molar-refractivity contribution is -0.385. The molecule has 0 spiro atoms. The summed E-state index contributed by atoms with van der Waals surface area (Å²) in [7, 11) is 0. The molecule has 0 bridgehead atoms. The van der Waals surface area contributed by atoms with Crippen LogP contribution in [0.3, 0.4) is 0 Å². The summed E-state index contributed by atoms with van der Waals surface area (Å²) in [5, 5.41) is 13.7. The van der Waals surface area contributed by atoms with E-state index < -0.39 is 10.9 Å². The van der Waals surface area contributed by atoms with Crippen molar-refractivity contribution < 1.29 is 19.2 Å². The minimum atomic E-state index is -0.651. The van der Waals surface area contributed by atoms with E-state index >= 15 is 0 Å². The molecule has 1 aliphatic heterocycles. The van der Waals surface area contributed by atoms with E-state index in [9.17, 15) is 19.7 Å². The van der Waals surface area contributed by atoms with Crippen LogP contribution >= 0.6 is 15.9 Å². The molecule has 8 nitrogen and oxygen atoms in total. The van der Waals surface area contributed by atoms with Gasteiger partial charge in [-0.15, -0.1) is 0 Å². The van der Waals surface area contributed by atoms with E-state index in [1.165, 1.54) is 25.1 Å². The van der Waals surface area contributed by atoms with Crippen LogP contribution in [0.15, 0.2) is 57.6 Å². The fraction of sp³-hybridized carbons (Fsp3) is 0.0556. The Hall–Kier alpha value is -3.33. The van der Waals surface area contributed by atoms with E-state index in [4.69, 9.17) is 4.74 Å². The molecule has 1 amide bonds. The summed E-state index contributed by atoms with van der Waals surface area (Å²) in [5.74, 6) is -0.727. The summed E-state index contributed by atoms with van der Waals surface area (Å²) in [4.78, 5) is 37.8. The van der Waals surface area contributed by atoms with E-state index in [0.717, 1.165) is 0 Å². The maximum atomic E-state index is 12.1. The van der Waals surface area contributed by atoms with Crippen LogP contribution in [0, 0.1) is 10.1 Å². The number of ether oxygens (including phenoxy) is 1. The molecule has 0 atom stereocenters. The molecular weight excluding hydrogens is 418 g/mol. The molecule has 0 aromatic heterocycles. The second kappa shape index (κ2) is 7.50. The van der Waals surface area contributed by atoms with Crippen LogP contribution in [0.5, 0.6) is 0 Å². The van der Waals surface area contributed by atoms with Crippen LogP contribution in [0.4, 0.5) is 11.4 Å². The number of cyclic esters (lactones) is 1. The Kier molecular flexibility index (Phi) is 5.13. The van der Waals surface area contributed by atoms with Crippen molar-refractivity contribution in [3.63, 3.8) is 0 Å². The Balaban J connectivity index is 1.88. The van der Waals surface area contributed by atoms with E-state index in [0.29, 0.717) is 21.3 Å². The van der Waals surface area contributed by atoms with Gasteiger partial charge in [0.1, 0.15) is 0 Å². The van der Waals surface area contributed by atoms with Crippen molar-refractivity contribution in [3.8, 4) is 0 Å². The number of nitrogens with zero attached hydrogens (tertiary/aromatic N) is 2. The number of rotatable bonds is 4. The summed E-state index contributed by atoms with van der Waals surface area (Å²) in [6, 6.07) is 11.1. The van der Waals surface area contributed by atoms with Gasteiger partial charge in [-0.3, -0.25) is 14.9 Å². The van der Waals surface area contributed by atoms with E-state index in [-0.39, 0.29) is 23.2 Å². The smallest absolute Gasteiger partial charge is 0.363 e. The first-order valence-corrected chi connectivity index (χ1v) is 8.47. The molecule has 0 saturated heterocycles. The van der Waals surface area contributed by atoms with Crippen molar-refractivity contribution in [1.82, 2.24) is 0 Å². The number of carbonyl (C=O) groups is 2. The summed E-state index contributed by atoms with van der Waals surface area (Å²) in [6.45, 7) is 1.40. The summed E-state index contributed by atoms with van der Waals surface area (Å²) >= 11 is 3.11. The molecule has 2 aromatic rings. The highest BCUT2D eigenvalue weighted by atomic mass is 79.9. The highest BCUT2D eigenvalue weighted by Gasteiger charge is 2.24. The van der Waals surface area contributed by atoms with Crippen LogP contribution in [0.25, 0.3) is 6.08 Å². The second-order valence-electron chi connectivity index (χ2n) is 5.56. The van der Waals surface area contributed by atoms with Crippen LogP contribution in [-0.4, -0.2) is 22.7 Å². The van der Waals surface area contributed by atoms with Crippen LogP contribution in [0.1, 0.15) is 18.1 Å². The monoisotopic (exact) mass is 429 g/mol. The normalized spacial score (nSPS) is 14.7. The number of nitro groups is 1. The predicted molar refractivity (Wildman–Crippen MR) is 102 cm³/mol. The SMILES string of the molecule is CC(=O)Nc1ccc(C2=N/C(=C/c3ccc(Br)c([N+](=O)[O-])c3)C(=O)O2)cc1. The number of esters is 1. The standard InChI is InChI=1S/C18H12BrN3O5/c1-10(23)20-13-5-3-12(4-6-13)17-21-15(18(24)27-17)8-11-2-7-14(19)16(9-11)22(25)26/h2-9H,1H3,(H,20,23)/b15-8+. The van der Waals surface area contributed by atoms with Crippen molar-refractivity contribution in [2.75, 3.05) is 5.32 Å². The molecular formula is C18H12BrN3O5. The van der Waals surface area contributed by atoms with Gasteiger partial charge in [0.2, 0.25) is 11.8 Å². The van der Waals surface area contributed by atoms with Gasteiger partial charge in [-0.1, -0.05) is 6.07 Å². The van der Waals surface area contributed by atoms with Gasteiger partial charge in [0.25, 0.3) is 5.69 Å². The molecule has 0 fully saturated rings. The fourth-order valence-electron chi connectivity index (χ4n) is 2.35. The van der Waals surface area contributed by atoms with Gasteiger partial charge in [0.15, 0.2) is 5.70 Å². The molecule has 2 aromatic carbocycles. The third-order valence-electron chi connectivity index (χ3n) is 3.54. The topological polar surface area (TPSA) is 111 Å². The van der Waals surface area contributed by atoms with Crippen molar-refractivity contribution in [1.29, 1.82) is 0 Å². The Morgan fingerprint density at radius 2 is 1.96 bits per heavy atom. The van der Waals surface area contributed by atoms with Crippen LogP contribution in [-0.2, 0) is 14.3 Å². The van der Waals surface area contributed by atoms with Crippen molar-refractivity contribution in [3.05, 3.63) is 73.9 Å². The molecule has 3 rings (SSSR count). The molecule has 0 aliphatic carbocycles. The number of nitrogens with one attached hydrogen (secondary N) is 1. The van der Waals surface area contributed by atoms with E-state index in [1.54, 1.807) is 30.3 Å². The molecule has 9 heteroatoms. The van der Waals surface area contributed by atoms with Gasteiger partial charge in [-0.25, -0.2) is 9.79 Å². The van der Waals surface area contributed by atoms with Crippen molar-refractivity contribution in [2.45, 2.75) is 6.92 Å². The number of anilines is 1. The minimum absolute atomic E-state index is 0.0348. The minimum Gasteiger partial charge on any atom is -0.402 e. The number of carbonyl (C=O) groups excluding carboxylic acids is 2. The van der Waals surface area contributed by atoms with Gasteiger partial charge < -0.3 is 10.1 Å². The fourth-order valence-corrected chi connectivity index (χ4v) is 2.74. The number of hydrogen-bond acceptors (Lipinski definition) is 6. The predicted octanol–water partition coefficient (Wildman–Crippen LogP) is 3.66. The average molecular weight is 430 g/mol. The lowest BCUT2D eigenvalue weighted by atomic mass is 10.1. The first-order chi connectivity index (χ1) is 12.8. The third-order valence-corrected chi connectivity index (χ3v) is 4.21. The zero-order valence-electron chi connectivity index (χ0n) is 13.9. The van der Waals surface area contributed by atoms with E-state index in [2.05, 4.69) is 26.2 Å². The summed E-state index contributed by atoms with van der Waals surface area (Å²) in [5.41, 5.74) is 1.53. The number of benzene rings is 2. The van der Waals surface area contributed by atoms with E-state index in [1.807, 2.05) is 0 Å². The Labute approximate surface area is 161 Å². The lowest BCUT2D eigenvalue weighted by Crippen LogP contribution is -2.07. The van der Waals surface area contributed by atoms with Crippen molar-refractivity contribution >= 4 is 51.2 Å². The molecule has 1 N–H and O–H groups in total.